The van der Waals surface area contributed by atoms with Crippen molar-refractivity contribution in [3.8, 4) is 0 Å². The number of nitrogens with one attached hydrogen (secondary N) is 1. The maximum Gasteiger partial charge on any atom is 0.414 e. The van der Waals surface area contributed by atoms with Gasteiger partial charge in [0.25, 0.3) is 11.8 Å². The van der Waals surface area contributed by atoms with Gasteiger partial charge in [-0.2, -0.15) is 13.2 Å². The molecule has 0 saturated heterocycles. The molecule has 1 aliphatic rings. The highest BCUT2D eigenvalue weighted by Crippen LogP contribution is 2.34. The van der Waals surface area contributed by atoms with Crippen molar-refractivity contribution in [3.05, 3.63) is 24.3 Å². The predicted molar refractivity (Wildman–Crippen MR) is 81.9 cm³/mol. The van der Waals surface area contributed by atoms with Gasteiger partial charge in [-0.3, -0.25) is 20.0 Å². The zero-order valence-corrected chi connectivity index (χ0v) is 13.4. The number of hydrogen-bond donors (Lipinski definition) is 1. The van der Waals surface area contributed by atoms with Crippen LogP contribution in [0.2, 0.25) is 0 Å². The number of para-hydroxylation sites is 2. The number of rotatable bonds is 3. The number of benzene rings is 1. The molecular weight excluding hydrogens is 365 g/mol. The van der Waals surface area contributed by atoms with E-state index in [1.54, 1.807) is 0 Å². The molecule has 1 aromatic rings. The van der Waals surface area contributed by atoms with Crippen molar-refractivity contribution in [3.63, 3.8) is 0 Å². The van der Waals surface area contributed by atoms with Crippen molar-refractivity contribution in [2.75, 3.05) is 29.5 Å². The van der Waals surface area contributed by atoms with Crippen molar-refractivity contribution < 1.29 is 36.3 Å². The zero-order valence-electron chi connectivity index (χ0n) is 13.4. The molecule has 1 aromatic carbocycles. The Morgan fingerprint density at radius 1 is 1.19 bits per heavy atom. The van der Waals surface area contributed by atoms with Gasteiger partial charge in [-0.1, -0.05) is 12.1 Å². The third kappa shape index (κ3) is 4.67. The molecule has 2 amide bonds. The molecule has 6 nitrogen and oxygen atoms in total. The van der Waals surface area contributed by atoms with Gasteiger partial charge in [0, 0.05) is 6.92 Å². The summed E-state index contributed by atoms with van der Waals surface area (Å²) in [7, 11) is 0. The maximum absolute atomic E-state index is 12.9. The molecule has 0 aromatic heterocycles. The summed E-state index contributed by atoms with van der Waals surface area (Å²) in [5, 5.41) is 7.67. The number of anilines is 2. The summed E-state index contributed by atoms with van der Waals surface area (Å²) in [4.78, 5) is 25.3. The van der Waals surface area contributed by atoms with E-state index in [0.717, 1.165) is 6.07 Å². The molecule has 26 heavy (non-hydrogen) atoms. The fourth-order valence-corrected chi connectivity index (χ4v) is 2.27. The van der Waals surface area contributed by atoms with Crippen LogP contribution in [-0.2, 0) is 9.53 Å². The van der Waals surface area contributed by atoms with Crippen LogP contribution in [0.3, 0.4) is 0 Å². The molecule has 142 valence electrons. The standard InChI is InChI=1S/C15H14F5N3O3/c1-14(16,17)8-26-13(25)22-6-9(21)12(24)23(7-15(18,19)20)11-5-3-2-4-10(11)22/h2-5,21H,6-8H2,1H3. The third-order valence-corrected chi connectivity index (χ3v) is 3.29. The number of alkyl halides is 5. The van der Waals surface area contributed by atoms with E-state index < -0.39 is 49.5 Å². The smallest absolute Gasteiger partial charge is 0.414 e. The van der Waals surface area contributed by atoms with Crippen LogP contribution in [0.4, 0.5) is 38.1 Å². The van der Waals surface area contributed by atoms with Gasteiger partial charge in [0.05, 0.1) is 17.9 Å². The van der Waals surface area contributed by atoms with E-state index in [1.807, 2.05) is 0 Å². The maximum atomic E-state index is 12.9. The lowest BCUT2D eigenvalue weighted by atomic mass is 10.2. The second kappa shape index (κ2) is 6.89. The molecule has 0 saturated carbocycles. The first kappa shape index (κ1) is 19.6. The number of ether oxygens (including phenoxy) is 1. The molecule has 1 heterocycles. The van der Waals surface area contributed by atoms with Crippen LogP contribution in [0.1, 0.15) is 6.92 Å². The molecule has 0 unspecified atom stereocenters. The minimum absolute atomic E-state index is 0.156. The van der Waals surface area contributed by atoms with E-state index in [2.05, 4.69) is 4.74 Å². The normalized spacial score (nSPS) is 15.6. The lowest BCUT2D eigenvalue weighted by molar-refractivity contribution is -0.129. The van der Waals surface area contributed by atoms with Gasteiger partial charge in [-0.15, -0.1) is 0 Å². The zero-order chi connectivity index (χ0) is 19.7. The summed E-state index contributed by atoms with van der Waals surface area (Å²) in [6, 6.07) is 5.12. The highest BCUT2D eigenvalue weighted by Gasteiger charge is 2.40. The Balaban J connectivity index is 2.42. The van der Waals surface area contributed by atoms with Crippen LogP contribution in [0.5, 0.6) is 0 Å². The second-order valence-electron chi connectivity index (χ2n) is 5.68. The first-order valence-corrected chi connectivity index (χ1v) is 7.26. The summed E-state index contributed by atoms with van der Waals surface area (Å²) < 4.78 is 68.7. The molecule has 1 N–H and O–H groups in total. The van der Waals surface area contributed by atoms with E-state index in [-0.39, 0.29) is 11.4 Å². The first-order valence-electron chi connectivity index (χ1n) is 7.26. The Morgan fingerprint density at radius 3 is 2.31 bits per heavy atom. The first-order chi connectivity index (χ1) is 11.9. The monoisotopic (exact) mass is 379 g/mol. The summed E-state index contributed by atoms with van der Waals surface area (Å²) >= 11 is 0. The van der Waals surface area contributed by atoms with E-state index >= 15 is 0 Å². The lowest BCUT2D eigenvalue weighted by Gasteiger charge is -2.25. The van der Waals surface area contributed by atoms with Crippen LogP contribution >= 0.6 is 0 Å². The van der Waals surface area contributed by atoms with Crippen molar-refractivity contribution in [2.24, 2.45) is 0 Å². The third-order valence-electron chi connectivity index (χ3n) is 3.29. The molecule has 0 bridgehead atoms. The number of hydrogen-bond acceptors (Lipinski definition) is 4. The SMILES string of the molecule is CC(F)(F)COC(=O)N1CC(=N)C(=O)N(CC(F)(F)F)c2ccccc21. The largest absolute Gasteiger partial charge is 0.443 e. The Bertz CT molecular complexity index is 730. The van der Waals surface area contributed by atoms with E-state index in [9.17, 15) is 31.5 Å². The molecule has 0 fully saturated rings. The number of fused-ring (bicyclic) bond motifs is 1. The van der Waals surface area contributed by atoms with E-state index in [0.29, 0.717) is 16.7 Å². The van der Waals surface area contributed by atoms with Crippen LogP contribution in [0.25, 0.3) is 0 Å². The lowest BCUT2D eigenvalue weighted by Crippen LogP contribution is -2.43. The quantitative estimate of drug-likeness (QED) is 0.820. The van der Waals surface area contributed by atoms with Crippen LogP contribution in [-0.4, -0.2) is 49.5 Å². The Morgan fingerprint density at radius 2 is 1.77 bits per heavy atom. The molecule has 0 aliphatic carbocycles. The molecule has 0 radical (unpaired) electrons. The summed E-state index contributed by atoms with van der Waals surface area (Å²) in [5.41, 5.74) is -1.25. The van der Waals surface area contributed by atoms with Crippen molar-refractivity contribution in [2.45, 2.75) is 19.0 Å². The summed E-state index contributed by atoms with van der Waals surface area (Å²) in [6.07, 6.45) is -6.05. The number of amides is 2. The van der Waals surface area contributed by atoms with Crippen molar-refractivity contribution in [1.82, 2.24) is 0 Å². The fraction of sp³-hybridized carbons (Fsp3) is 0.400. The fourth-order valence-electron chi connectivity index (χ4n) is 2.27. The van der Waals surface area contributed by atoms with Gasteiger partial charge in [-0.25, -0.2) is 13.6 Å². The highest BCUT2D eigenvalue weighted by atomic mass is 19.4. The van der Waals surface area contributed by atoms with Gasteiger partial charge in [0.15, 0.2) is 6.61 Å². The minimum Gasteiger partial charge on any atom is -0.443 e. The molecular formula is C15H14F5N3O3. The number of nitrogens with zero attached hydrogens (tertiary/aromatic N) is 2. The van der Waals surface area contributed by atoms with E-state index in [1.165, 1.54) is 18.2 Å². The minimum atomic E-state index is -4.75. The highest BCUT2D eigenvalue weighted by molar-refractivity contribution is 6.45. The van der Waals surface area contributed by atoms with Crippen LogP contribution in [0, 0.1) is 5.41 Å². The van der Waals surface area contributed by atoms with Gasteiger partial charge in [-0.05, 0) is 12.1 Å². The Kier molecular flexibility index (Phi) is 5.19. The number of carbonyl (C=O) groups excluding carboxylic acids is 2. The summed E-state index contributed by atoms with van der Waals surface area (Å²) in [5.74, 6) is -4.56. The van der Waals surface area contributed by atoms with Crippen molar-refractivity contribution in [1.29, 1.82) is 5.41 Å². The van der Waals surface area contributed by atoms with Gasteiger partial charge >= 0.3 is 12.3 Å². The van der Waals surface area contributed by atoms with Crippen molar-refractivity contribution >= 4 is 29.1 Å². The second-order valence-corrected chi connectivity index (χ2v) is 5.68. The molecule has 1 aliphatic heterocycles. The topological polar surface area (TPSA) is 73.7 Å². The number of carbonyl (C=O) groups is 2. The molecule has 0 atom stereocenters. The van der Waals surface area contributed by atoms with Gasteiger partial charge in [0.1, 0.15) is 12.3 Å². The average Bonchev–Trinajstić information content (AvgIpc) is 2.62. The Hall–Kier alpha value is -2.72. The summed E-state index contributed by atoms with van der Waals surface area (Å²) in [6.45, 7) is -3.11. The molecule has 2 rings (SSSR count). The van der Waals surface area contributed by atoms with Crippen LogP contribution in [0.15, 0.2) is 24.3 Å². The molecule has 11 heteroatoms. The van der Waals surface area contributed by atoms with Crippen LogP contribution < -0.4 is 9.80 Å². The van der Waals surface area contributed by atoms with E-state index in [4.69, 9.17) is 5.41 Å². The predicted octanol–water partition coefficient (Wildman–Crippen LogP) is 3.21. The van der Waals surface area contributed by atoms with Gasteiger partial charge in [0.2, 0.25) is 0 Å². The van der Waals surface area contributed by atoms with Gasteiger partial charge < -0.3 is 4.74 Å². The average molecular weight is 379 g/mol. The number of halogens is 5. The Labute approximate surface area is 144 Å². The molecule has 0 spiro atoms.